The lowest BCUT2D eigenvalue weighted by molar-refractivity contribution is -0.129. The molecule has 0 saturated carbocycles. The summed E-state index contributed by atoms with van der Waals surface area (Å²) in [5, 5.41) is 2.61. The Hall–Kier alpha value is -1.49. The van der Waals surface area contributed by atoms with Crippen LogP contribution in [0.1, 0.15) is 26.2 Å². The molecular formula is C13H17FN2O2. The first-order valence-corrected chi connectivity index (χ1v) is 6.24. The molecule has 1 saturated heterocycles. The van der Waals surface area contributed by atoms with Gasteiger partial charge in [0.1, 0.15) is 0 Å². The Morgan fingerprint density at radius 1 is 1.67 bits per heavy atom. The summed E-state index contributed by atoms with van der Waals surface area (Å²) in [6.07, 6.45) is 4.92. The molecule has 0 bridgehead atoms. The van der Waals surface area contributed by atoms with Crippen LogP contribution < -0.4 is 5.32 Å². The lowest BCUT2D eigenvalue weighted by atomic mass is 9.92. The molecule has 4 nitrogen and oxygen atoms in total. The van der Waals surface area contributed by atoms with Gasteiger partial charge in [-0.2, -0.15) is 0 Å². The Morgan fingerprint density at radius 3 is 3.22 bits per heavy atom. The molecule has 0 aliphatic carbocycles. The number of carbonyl (C=O) groups excluding carboxylic acids is 1. The second-order valence-corrected chi connectivity index (χ2v) is 4.41. The van der Waals surface area contributed by atoms with Crippen LogP contribution in [-0.2, 0) is 9.53 Å². The Balaban J connectivity index is 2.05. The van der Waals surface area contributed by atoms with E-state index in [9.17, 15) is 9.18 Å². The largest absolute Gasteiger partial charge is 0.377 e. The number of nitrogens with zero attached hydrogens (tertiary/aromatic N) is 1. The van der Waals surface area contributed by atoms with Gasteiger partial charge in [-0.15, -0.1) is 0 Å². The van der Waals surface area contributed by atoms with E-state index in [1.54, 1.807) is 0 Å². The summed E-state index contributed by atoms with van der Waals surface area (Å²) in [5.41, 5.74) is 0.176. The molecule has 2 heterocycles. The summed E-state index contributed by atoms with van der Waals surface area (Å²) in [6.45, 7) is 2.69. The minimum atomic E-state index is -0.518. The zero-order valence-corrected chi connectivity index (χ0v) is 10.4. The highest BCUT2D eigenvalue weighted by Crippen LogP contribution is 2.25. The highest BCUT2D eigenvalue weighted by atomic mass is 19.1. The van der Waals surface area contributed by atoms with Gasteiger partial charge in [0.05, 0.1) is 23.9 Å². The van der Waals surface area contributed by atoms with Gasteiger partial charge in [0, 0.05) is 12.8 Å². The minimum absolute atomic E-state index is 0.0661. The van der Waals surface area contributed by atoms with Gasteiger partial charge in [-0.1, -0.05) is 6.92 Å². The van der Waals surface area contributed by atoms with Crippen molar-refractivity contribution in [2.45, 2.75) is 32.3 Å². The van der Waals surface area contributed by atoms with Crippen molar-refractivity contribution in [3.63, 3.8) is 0 Å². The van der Waals surface area contributed by atoms with Crippen LogP contribution in [0.15, 0.2) is 18.5 Å². The number of pyridine rings is 1. The average Bonchev–Trinajstić information content (AvgIpc) is 2.41. The van der Waals surface area contributed by atoms with E-state index < -0.39 is 5.82 Å². The topological polar surface area (TPSA) is 51.2 Å². The molecule has 1 aliphatic rings. The van der Waals surface area contributed by atoms with Gasteiger partial charge in [0.2, 0.25) is 5.91 Å². The van der Waals surface area contributed by atoms with E-state index >= 15 is 0 Å². The van der Waals surface area contributed by atoms with Crippen LogP contribution in [0.2, 0.25) is 0 Å². The van der Waals surface area contributed by atoms with Gasteiger partial charge in [-0.05, 0) is 25.3 Å². The van der Waals surface area contributed by atoms with Gasteiger partial charge < -0.3 is 10.1 Å². The van der Waals surface area contributed by atoms with Crippen LogP contribution in [0.4, 0.5) is 10.1 Å². The summed E-state index contributed by atoms with van der Waals surface area (Å²) in [5.74, 6) is -0.890. The SMILES string of the molecule is CC[C@@H]1OCCC[C@H]1C(=O)Nc1ccncc1F. The molecule has 0 unspecified atom stereocenters. The summed E-state index contributed by atoms with van der Waals surface area (Å²) < 4.78 is 18.9. The van der Waals surface area contributed by atoms with E-state index in [0.717, 1.165) is 25.5 Å². The number of anilines is 1. The predicted octanol–water partition coefficient (Wildman–Crippen LogP) is 2.36. The third kappa shape index (κ3) is 2.85. The van der Waals surface area contributed by atoms with E-state index in [1.165, 1.54) is 12.3 Å². The molecule has 98 valence electrons. The number of carbonyl (C=O) groups is 1. The molecule has 1 N–H and O–H groups in total. The zero-order chi connectivity index (χ0) is 13.0. The van der Waals surface area contributed by atoms with Crippen molar-refractivity contribution >= 4 is 11.6 Å². The monoisotopic (exact) mass is 252 g/mol. The van der Waals surface area contributed by atoms with E-state index in [2.05, 4.69) is 10.3 Å². The molecule has 18 heavy (non-hydrogen) atoms. The third-order valence-electron chi connectivity index (χ3n) is 3.21. The zero-order valence-electron chi connectivity index (χ0n) is 10.4. The average molecular weight is 252 g/mol. The Morgan fingerprint density at radius 2 is 2.50 bits per heavy atom. The molecule has 1 aromatic heterocycles. The minimum Gasteiger partial charge on any atom is -0.377 e. The molecule has 1 aliphatic heterocycles. The third-order valence-corrected chi connectivity index (χ3v) is 3.21. The molecule has 1 amide bonds. The Kier molecular flexibility index (Phi) is 4.25. The quantitative estimate of drug-likeness (QED) is 0.898. The van der Waals surface area contributed by atoms with Crippen molar-refractivity contribution in [2.75, 3.05) is 11.9 Å². The van der Waals surface area contributed by atoms with Crippen LogP contribution in [0.25, 0.3) is 0 Å². The van der Waals surface area contributed by atoms with Gasteiger partial charge >= 0.3 is 0 Å². The number of rotatable bonds is 3. The summed E-state index contributed by atoms with van der Waals surface area (Å²) in [4.78, 5) is 15.8. The van der Waals surface area contributed by atoms with Gasteiger partial charge in [-0.25, -0.2) is 4.39 Å². The Labute approximate surface area is 106 Å². The second kappa shape index (κ2) is 5.91. The number of aromatic nitrogens is 1. The van der Waals surface area contributed by atoms with E-state index in [4.69, 9.17) is 4.74 Å². The Bertz CT molecular complexity index is 425. The molecule has 1 aromatic rings. The molecule has 0 aromatic carbocycles. The summed E-state index contributed by atoms with van der Waals surface area (Å²) in [7, 11) is 0. The van der Waals surface area contributed by atoms with Crippen molar-refractivity contribution in [1.29, 1.82) is 0 Å². The number of hydrogen-bond acceptors (Lipinski definition) is 3. The smallest absolute Gasteiger partial charge is 0.230 e. The van der Waals surface area contributed by atoms with Gasteiger partial charge in [-0.3, -0.25) is 9.78 Å². The number of ether oxygens (including phenoxy) is 1. The summed E-state index contributed by atoms with van der Waals surface area (Å²) in [6, 6.07) is 1.46. The van der Waals surface area contributed by atoms with Crippen LogP contribution in [0.5, 0.6) is 0 Å². The highest BCUT2D eigenvalue weighted by Gasteiger charge is 2.30. The lowest BCUT2D eigenvalue weighted by Crippen LogP contribution is -2.38. The molecule has 1 fully saturated rings. The fourth-order valence-electron chi connectivity index (χ4n) is 2.24. The summed E-state index contributed by atoms with van der Waals surface area (Å²) >= 11 is 0. The fourth-order valence-corrected chi connectivity index (χ4v) is 2.24. The van der Waals surface area contributed by atoms with E-state index in [-0.39, 0.29) is 23.6 Å². The molecule has 2 rings (SSSR count). The van der Waals surface area contributed by atoms with Crippen molar-refractivity contribution in [2.24, 2.45) is 5.92 Å². The number of halogens is 1. The van der Waals surface area contributed by atoms with Crippen LogP contribution >= 0.6 is 0 Å². The maximum atomic E-state index is 13.4. The van der Waals surface area contributed by atoms with Crippen molar-refractivity contribution in [3.8, 4) is 0 Å². The second-order valence-electron chi connectivity index (χ2n) is 4.41. The maximum absolute atomic E-state index is 13.4. The van der Waals surface area contributed by atoms with E-state index in [0.29, 0.717) is 6.61 Å². The first kappa shape index (κ1) is 13.0. The first-order valence-electron chi connectivity index (χ1n) is 6.24. The molecule has 5 heteroatoms. The highest BCUT2D eigenvalue weighted by molar-refractivity contribution is 5.93. The van der Waals surface area contributed by atoms with Crippen molar-refractivity contribution in [1.82, 2.24) is 4.98 Å². The van der Waals surface area contributed by atoms with Gasteiger partial charge in [0.25, 0.3) is 0 Å². The van der Waals surface area contributed by atoms with E-state index in [1.807, 2.05) is 6.92 Å². The van der Waals surface area contributed by atoms with Gasteiger partial charge in [0.15, 0.2) is 5.82 Å². The van der Waals surface area contributed by atoms with Crippen LogP contribution in [0.3, 0.4) is 0 Å². The van der Waals surface area contributed by atoms with Crippen LogP contribution in [-0.4, -0.2) is 23.6 Å². The maximum Gasteiger partial charge on any atom is 0.230 e. The van der Waals surface area contributed by atoms with Crippen molar-refractivity contribution < 1.29 is 13.9 Å². The first-order chi connectivity index (χ1) is 8.72. The molecule has 0 spiro atoms. The van der Waals surface area contributed by atoms with Crippen molar-refractivity contribution in [3.05, 3.63) is 24.3 Å². The predicted molar refractivity (Wildman–Crippen MR) is 65.6 cm³/mol. The number of hydrogen-bond donors (Lipinski definition) is 1. The lowest BCUT2D eigenvalue weighted by Gasteiger charge is -2.30. The number of amides is 1. The number of nitrogens with one attached hydrogen (secondary N) is 1. The standard InChI is InChI=1S/C13H17FN2O2/c1-2-12-9(4-3-7-18-12)13(17)16-11-5-6-15-8-10(11)14/h5-6,8-9,12H,2-4,7H2,1H3,(H,15,16,17)/t9-,12+/m1/s1. The molecule has 2 atom stereocenters. The molecule has 0 radical (unpaired) electrons. The normalized spacial score (nSPS) is 23.7. The van der Waals surface area contributed by atoms with Crippen LogP contribution in [0, 0.1) is 11.7 Å². The fraction of sp³-hybridized carbons (Fsp3) is 0.538. The molecular weight excluding hydrogens is 235 g/mol.